The maximum Gasteiger partial charge on any atom is 0.316 e. The molecular formula is C29H44O4. The molecule has 2 N–H and O–H groups in total. The number of allylic oxidation sites excluding steroid dienone is 4. The second-order valence-electron chi connectivity index (χ2n) is 13.4. The van der Waals surface area contributed by atoms with Gasteiger partial charge in [0.1, 0.15) is 17.1 Å². The van der Waals surface area contributed by atoms with Crippen LogP contribution in [-0.4, -0.2) is 34.0 Å². The zero-order chi connectivity index (χ0) is 24.0. The first-order valence-electron chi connectivity index (χ1n) is 13.4. The first kappa shape index (κ1) is 23.6. The minimum Gasteiger partial charge on any atom is -0.459 e. The van der Waals surface area contributed by atoms with Crippen LogP contribution in [-0.2, 0) is 9.53 Å². The van der Waals surface area contributed by atoms with E-state index in [-0.39, 0.29) is 22.9 Å². The molecule has 0 amide bonds. The van der Waals surface area contributed by atoms with Crippen molar-refractivity contribution >= 4 is 5.97 Å². The number of carbonyl (C=O) groups is 1. The molecular weight excluding hydrogens is 412 g/mol. The SMILES string of the molecule is CC(C)CCCC1OC(=O)C23CC=C4C(=CCC5C4(C)CCC(O)C5(C)C)C2(C)CCC13O. The van der Waals surface area contributed by atoms with Crippen LogP contribution < -0.4 is 0 Å². The van der Waals surface area contributed by atoms with E-state index in [1.165, 1.54) is 11.1 Å². The van der Waals surface area contributed by atoms with Crippen LogP contribution in [0, 0.1) is 33.5 Å². The zero-order valence-electron chi connectivity index (χ0n) is 21.5. The number of rotatable bonds is 4. The Bertz CT molecular complexity index is 915. The molecule has 4 aliphatic carbocycles. The lowest BCUT2D eigenvalue weighted by molar-refractivity contribution is -0.155. The van der Waals surface area contributed by atoms with Crippen LogP contribution in [0.2, 0.25) is 0 Å². The van der Waals surface area contributed by atoms with Gasteiger partial charge in [-0.25, -0.2) is 0 Å². The van der Waals surface area contributed by atoms with Gasteiger partial charge in [0.2, 0.25) is 0 Å². The predicted molar refractivity (Wildman–Crippen MR) is 129 cm³/mol. The molecule has 0 radical (unpaired) electrons. The highest BCUT2D eigenvalue weighted by molar-refractivity contribution is 5.86. The maximum atomic E-state index is 13.6. The standard InChI is InChI=1S/C29H44O4/c1-18(2)8-7-9-23-29(32)17-16-27(6)20-10-11-21-25(3,4)22(30)13-14-26(21,5)19(20)12-15-28(27,29)24(31)33-23/h10,12,18,21-23,30,32H,7-9,11,13-17H2,1-6H3. The second kappa shape index (κ2) is 7.20. The summed E-state index contributed by atoms with van der Waals surface area (Å²) in [5, 5.41) is 22.9. The lowest BCUT2D eigenvalue weighted by Gasteiger charge is -2.60. The lowest BCUT2D eigenvalue weighted by atomic mass is 9.44. The van der Waals surface area contributed by atoms with Crippen molar-refractivity contribution in [3.05, 3.63) is 23.3 Å². The molecule has 4 heteroatoms. The number of esters is 1. The summed E-state index contributed by atoms with van der Waals surface area (Å²) in [6.45, 7) is 13.5. The molecule has 5 aliphatic rings. The average Bonchev–Trinajstić information content (AvgIpc) is 3.11. The number of cyclic esters (lactones) is 1. The number of fused-ring (bicyclic) bond motifs is 4. The molecule has 33 heavy (non-hydrogen) atoms. The summed E-state index contributed by atoms with van der Waals surface area (Å²) in [5.74, 6) is 0.808. The highest BCUT2D eigenvalue weighted by Crippen LogP contribution is 2.74. The van der Waals surface area contributed by atoms with E-state index in [0.29, 0.717) is 24.7 Å². The molecule has 0 aromatic rings. The molecule has 0 bridgehead atoms. The summed E-state index contributed by atoms with van der Waals surface area (Å²) < 4.78 is 6.02. The molecule has 4 nitrogen and oxygen atoms in total. The Morgan fingerprint density at radius 2 is 1.82 bits per heavy atom. The van der Waals surface area contributed by atoms with Crippen molar-refractivity contribution in [1.82, 2.24) is 0 Å². The Labute approximate surface area is 199 Å². The van der Waals surface area contributed by atoms with Crippen molar-refractivity contribution in [3.8, 4) is 0 Å². The quantitative estimate of drug-likeness (QED) is 0.531. The van der Waals surface area contributed by atoms with Crippen molar-refractivity contribution in [2.24, 2.45) is 33.5 Å². The van der Waals surface area contributed by atoms with Crippen LogP contribution in [0.25, 0.3) is 0 Å². The number of ether oxygens (including phenoxy) is 1. The van der Waals surface area contributed by atoms with Gasteiger partial charge in [0.25, 0.3) is 0 Å². The van der Waals surface area contributed by atoms with E-state index in [9.17, 15) is 15.0 Å². The summed E-state index contributed by atoms with van der Waals surface area (Å²) in [7, 11) is 0. The Hall–Kier alpha value is -1.13. The summed E-state index contributed by atoms with van der Waals surface area (Å²) >= 11 is 0. The molecule has 0 aromatic carbocycles. The Kier molecular flexibility index (Phi) is 5.15. The van der Waals surface area contributed by atoms with Crippen LogP contribution in [0.5, 0.6) is 0 Å². The summed E-state index contributed by atoms with van der Waals surface area (Å²) in [6, 6.07) is 0. The monoisotopic (exact) mass is 456 g/mol. The van der Waals surface area contributed by atoms with E-state index in [1.807, 2.05) is 0 Å². The fraction of sp³-hybridized carbons (Fsp3) is 0.828. The van der Waals surface area contributed by atoms with Gasteiger partial charge in [-0.2, -0.15) is 0 Å². The van der Waals surface area contributed by atoms with Crippen LogP contribution in [0.4, 0.5) is 0 Å². The van der Waals surface area contributed by atoms with Gasteiger partial charge in [0.15, 0.2) is 0 Å². The topological polar surface area (TPSA) is 66.8 Å². The van der Waals surface area contributed by atoms with Crippen molar-refractivity contribution < 1.29 is 19.7 Å². The number of carbonyl (C=O) groups excluding carboxylic acids is 1. The van der Waals surface area contributed by atoms with Crippen molar-refractivity contribution in [2.45, 2.75) is 117 Å². The van der Waals surface area contributed by atoms with E-state index in [1.54, 1.807) is 0 Å². The molecule has 5 rings (SSSR count). The van der Waals surface area contributed by atoms with E-state index in [4.69, 9.17) is 4.74 Å². The van der Waals surface area contributed by atoms with E-state index >= 15 is 0 Å². The van der Waals surface area contributed by atoms with Crippen molar-refractivity contribution in [1.29, 1.82) is 0 Å². The fourth-order valence-electron chi connectivity index (χ4n) is 9.07. The van der Waals surface area contributed by atoms with Crippen LogP contribution in [0.15, 0.2) is 23.3 Å². The third kappa shape index (κ3) is 2.74. The van der Waals surface area contributed by atoms with Gasteiger partial charge in [-0.05, 0) is 85.2 Å². The molecule has 184 valence electrons. The Morgan fingerprint density at radius 3 is 2.52 bits per heavy atom. The van der Waals surface area contributed by atoms with Gasteiger partial charge >= 0.3 is 5.97 Å². The normalized spacial score (nSPS) is 47.8. The number of aliphatic hydroxyl groups is 2. The molecule has 1 heterocycles. The zero-order valence-corrected chi connectivity index (χ0v) is 21.5. The third-order valence-corrected chi connectivity index (χ3v) is 11.2. The molecule has 1 saturated heterocycles. The van der Waals surface area contributed by atoms with Gasteiger partial charge in [0, 0.05) is 5.41 Å². The predicted octanol–water partition coefficient (Wildman–Crippen LogP) is 5.72. The summed E-state index contributed by atoms with van der Waals surface area (Å²) in [6.07, 6.45) is 11.5. The van der Waals surface area contributed by atoms with Gasteiger partial charge in [0.05, 0.1) is 6.10 Å². The minimum atomic E-state index is -1.08. The van der Waals surface area contributed by atoms with Crippen LogP contribution in [0.3, 0.4) is 0 Å². The first-order valence-corrected chi connectivity index (χ1v) is 13.4. The van der Waals surface area contributed by atoms with Gasteiger partial charge < -0.3 is 14.9 Å². The number of hydrogen-bond donors (Lipinski definition) is 2. The summed E-state index contributed by atoms with van der Waals surface area (Å²) in [4.78, 5) is 13.6. The van der Waals surface area contributed by atoms with Gasteiger partial charge in [-0.1, -0.05) is 60.1 Å². The molecule has 1 spiro atoms. The maximum absolute atomic E-state index is 13.6. The Balaban J connectivity index is 1.54. The highest BCUT2D eigenvalue weighted by atomic mass is 16.6. The largest absolute Gasteiger partial charge is 0.459 e. The average molecular weight is 457 g/mol. The molecule has 0 aromatic heterocycles. The Morgan fingerprint density at radius 1 is 1.09 bits per heavy atom. The van der Waals surface area contributed by atoms with Gasteiger partial charge in [-0.15, -0.1) is 0 Å². The molecule has 3 fully saturated rings. The minimum absolute atomic E-state index is 0.00266. The molecule has 1 aliphatic heterocycles. The van der Waals surface area contributed by atoms with E-state index < -0.39 is 22.5 Å². The van der Waals surface area contributed by atoms with E-state index in [0.717, 1.165) is 44.9 Å². The fourth-order valence-corrected chi connectivity index (χ4v) is 9.07. The molecule has 7 unspecified atom stereocenters. The molecule has 7 atom stereocenters. The second-order valence-corrected chi connectivity index (χ2v) is 13.4. The number of aliphatic hydroxyl groups excluding tert-OH is 1. The van der Waals surface area contributed by atoms with E-state index in [2.05, 4.69) is 53.7 Å². The smallest absolute Gasteiger partial charge is 0.316 e. The number of hydrogen-bond acceptors (Lipinski definition) is 4. The van der Waals surface area contributed by atoms with Gasteiger partial charge in [-0.3, -0.25) is 4.79 Å². The first-order chi connectivity index (χ1) is 15.3. The molecule has 2 saturated carbocycles. The van der Waals surface area contributed by atoms with Crippen LogP contribution >= 0.6 is 0 Å². The summed E-state index contributed by atoms with van der Waals surface area (Å²) in [5.41, 5.74) is 0.170. The highest BCUT2D eigenvalue weighted by Gasteiger charge is 2.79. The lowest BCUT2D eigenvalue weighted by Crippen LogP contribution is -2.59. The van der Waals surface area contributed by atoms with Crippen LogP contribution in [0.1, 0.15) is 99.3 Å². The van der Waals surface area contributed by atoms with Crippen molar-refractivity contribution in [3.63, 3.8) is 0 Å². The third-order valence-electron chi connectivity index (χ3n) is 11.2. The van der Waals surface area contributed by atoms with Crippen molar-refractivity contribution in [2.75, 3.05) is 0 Å².